The topological polar surface area (TPSA) is 35.6 Å². The van der Waals surface area contributed by atoms with Crippen LogP contribution in [0.1, 0.15) is 46.0 Å². The fraction of sp³-hybridized carbons (Fsp3) is 0.933. The van der Waals surface area contributed by atoms with Gasteiger partial charge in [-0.15, -0.1) is 0 Å². The van der Waals surface area contributed by atoms with Crippen LogP contribution in [0.25, 0.3) is 0 Å². The number of urea groups is 1. The van der Waals surface area contributed by atoms with Gasteiger partial charge in [0.15, 0.2) is 0 Å². The molecule has 2 aliphatic rings. The van der Waals surface area contributed by atoms with Crippen LogP contribution in [0.2, 0.25) is 0 Å². The molecule has 0 aromatic heterocycles. The van der Waals surface area contributed by atoms with Gasteiger partial charge < -0.3 is 15.1 Å². The lowest BCUT2D eigenvalue weighted by Gasteiger charge is -2.38. The third-order valence-electron chi connectivity index (χ3n) is 4.38. The Morgan fingerprint density at radius 3 is 2.53 bits per heavy atom. The van der Waals surface area contributed by atoms with Crippen LogP contribution in [0.5, 0.6) is 0 Å². The Bertz CT molecular complexity index is 287. The second-order valence-electron chi connectivity index (χ2n) is 6.19. The van der Waals surface area contributed by atoms with Gasteiger partial charge in [-0.3, -0.25) is 0 Å². The summed E-state index contributed by atoms with van der Waals surface area (Å²) >= 11 is 0. The lowest BCUT2D eigenvalue weighted by atomic mass is 10.0. The van der Waals surface area contributed by atoms with Crippen molar-refractivity contribution in [3.05, 3.63) is 0 Å². The van der Waals surface area contributed by atoms with E-state index in [2.05, 4.69) is 29.0 Å². The van der Waals surface area contributed by atoms with E-state index in [9.17, 15) is 4.79 Å². The van der Waals surface area contributed by atoms with Crippen LogP contribution in [0.15, 0.2) is 0 Å². The molecule has 2 rings (SSSR count). The molecule has 1 unspecified atom stereocenters. The summed E-state index contributed by atoms with van der Waals surface area (Å²) in [5.74, 6) is 0.668. The number of hydrogen-bond acceptors (Lipinski definition) is 2. The number of piperidine rings is 2. The summed E-state index contributed by atoms with van der Waals surface area (Å²) in [6.45, 7) is 9.30. The number of amides is 2. The van der Waals surface area contributed by atoms with E-state index < -0.39 is 0 Å². The van der Waals surface area contributed by atoms with Crippen molar-refractivity contribution in [2.24, 2.45) is 5.92 Å². The smallest absolute Gasteiger partial charge is 0.320 e. The van der Waals surface area contributed by atoms with E-state index >= 15 is 0 Å². The first-order valence-corrected chi connectivity index (χ1v) is 7.98. The van der Waals surface area contributed by atoms with Crippen LogP contribution in [-0.4, -0.2) is 54.6 Å². The van der Waals surface area contributed by atoms with E-state index in [1.807, 2.05) is 0 Å². The van der Waals surface area contributed by atoms with E-state index in [0.29, 0.717) is 12.0 Å². The molecule has 110 valence electrons. The van der Waals surface area contributed by atoms with Crippen molar-refractivity contribution in [1.29, 1.82) is 0 Å². The summed E-state index contributed by atoms with van der Waals surface area (Å²) in [5, 5.41) is 3.57. The standard InChI is InChI=1S/C15H29N3O/c1-3-8-16-14-6-10-17(11-7-14)15(19)18-9-4-5-13(2)12-18/h13-14,16H,3-12H2,1-2H3. The predicted octanol–water partition coefficient (Wildman–Crippen LogP) is 2.30. The van der Waals surface area contributed by atoms with Crippen molar-refractivity contribution in [3.63, 3.8) is 0 Å². The van der Waals surface area contributed by atoms with Gasteiger partial charge in [-0.05, 0) is 44.6 Å². The number of nitrogens with one attached hydrogen (secondary N) is 1. The molecule has 0 bridgehead atoms. The van der Waals surface area contributed by atoms with Crippen LogP contribution in [-0.2, 0) is 0 Å². The number of hydrogen-bond donors (Lipinski definition) is 1. The highest BCUT2D eigenvalue weighted by atomic mass is 16.2. The SMILES string of the molecule is CCCNC1CCN(C(=O)N2CCCC(C)C2)CC1. The second kappa shape index (κ2) is 7.13. The van der Waals surface area contributed by atoms with Crippen molar-refractivity contribution in [3.8, 4) is 0 Å². The number of carbonyl (C=O) groups excluding carboxylic acids is 1. The van der Waals surface area contributed by atoms with Gasteiger partial charge in [-0.1, -0.05) is 13.8 Å². The molecule has 0 aliphatic carbocycles. The maximum atomic E-state index is 12.5. The minimum atomic E-state index is 0.278. The lowest BCUT2D eigenvalue weighted by molar-refractivity contribution is 0.118. The van der Waals surface area contributed by atoms with E-state index in [4.69, 9.17) is 0 Å². The Kier molecular flexibility index (Phi) is 5.49. The average molecular weight is 267 g/mol. The van der Waals surface area contributed by atoms with E-state index in [0.717, 1.165) is 45.6 Å². The Morgan fingerprint density at radius 1 is 1.16 bits per heavy atom. The lowest BCUT2D eigenvalue weighted by Crippen LogP contribution is -2.51. The predicted molar refractivity (Wildman–Crippen MR) is 78.3 cm³/mol. The van der Waals surface area contributed by atoms with E-state index in [-0.39, 0.29) is 6.03 Å². The fourth-order valence-electron chi connectivity index (χ4n) is 3.19. The maximum absolute atomic E-state index is 12.5. The highest BCUT2D eigenvalue weighted by molar-refractivity contribution is 5.74. The molecule has 2 aliphatic heterocycles. The van der Waals surface area contributed by atoms with E-state index in [1.54, 1.807) is 0 Å². The first-order valence-electron chi connectivity index (χ1n) is 7.98. The molecule has 2 saturated heterocycles. The highest BCUT2D eigenvalue weighted by Crippen LogP contribution is 2.19. The third kappa shape index (κ3) is 4.10. The molecule has 1 N–H and O–H groups in total. The Labute approximate surface area is 117 Å². The molecule has 2 fully saturated rings. The summed E-state index contributed by atoms with van der Waals surface area (Å²) in [4.78, 5) is 16.6. The van der Waals surface area contributed by atoms with Crippen molar-refractivity contribution in [2.45, 2.75) is 52.0 Å². The van der Waals surface area contributed by atoms with Gasteiger partial charge in [0.2, 0.25) is 0 Å². The molecule has 19 heavy (non-hydrogen) atoms. The molecule has 0 aromatic carbocycles. The van der Waals surface area contributed by atoms with Crippen molar-refractivity contribution in [2.75, 3.05) is 32.7 Å². The second-order valence-corrected chi connectivity index (χ2v) is 6.19. The van der Waals surface area contributed by atoms with Gasteiger partial charge in [-0.25, -0.2) is 4.79 Å². The van der Waals surface area contributed by atoms with Crippen LogP contribution < -0.4 is 5.32 Å². The summed E-state index contributed by atoms with van der Waals surface area (Å²) < 4.78 is 0. The Balaban J connectivity index is 1.75. The molecule has 4 nitrogen and oxygen atoms in total. The van der Waals surface area contributed by atoms with Crippen LogP contribution in [0, 0.1) is 5.92 Å². The molecule has 4 heteroatoms. The van der Waals surface area contributed by atoms with Crippen LogP contribution >= 0.6 is 0 Å². The minimum absolute atomic E-state index is 0.278. The zero-order chi connectivity index (χ0) is 13.7. The van der Waals surface area contributed by atoms with Gasteiger partial charge in [0.05, 0.1) is 0 Å². The minimum Gasteiger partial charge on any atom is -0.325 e. The van der Waals surface area contributed by atoms with Crippen LogP contribution in [0.4, 0.5) is 4.79 Å². The molecule has 0 aromatic rings. The molecular formula is C15H29N3O. The quantitative estimate of drug-likeness (QED) is 0.851. The number of likely N-dealkylation sites (tertiary alicyclic amines) is 2. The number of rotatable bonds is 3. The summed E-state index contributed by atoms with van der Waals surface area (Å²) in [6.07, 6.45) is 5.84. The molecule has 2 amide bonds. The first-order chi connectivity index (χ1) is 9.20. The monoisotopic (exact) mass is 267 g/mol. The van der Waals surface area contributed by atoms with Gasteiger partial charge >= 0.3 is 6.03 Å². The molecule has 0 saturated carbocycles. The molecule has 2 heterocycles. The normalized spacial score (nSPS) is 25.7. The summed E-state index contributed by atoms with van der Waals surface area (Å²) in [7, 11) is 0. The Morgan fingerprint density at radius 2 is 1.89 bits per heavy atom. The number of nitrogens with zero attached hydrogens (tertiary/aromatic N) is 2. The molecule has 0 radical (unpaired) electrons. The van der Waals surface area contributed by atoms with Crippen LogP contribution in [0.3, 0.4) is 0 Å². The third-order valence-corrected chi connectivity index (χ3v) is 4.38. The van der Waals surface area contributed by atoms with Crippen molar-refractivity contribution >= 4 is 6.03 Å². The summed E-state index contributed by atoms with van der Waals surface area (Å²) in [6, 6.07) is 0.893. The maximum Gasteiger partial charge on any atom is 0.320 e. The van der Waals surface area contributed by atoms with Gasteiger partial charge in [0, 0.05) is 32.2 Å². The van der Waals surface area contributed by atoms with Gasteiger partial charge in [0.25, 0.3) is 0 Å². The molecule has 1 atom stereocenters. The Hall–Kier alpha value is -0.770. The zero-order valence-corrected chi connectivity index (χ0v) is 12.5. The van der Waals surface area contributed by atoms with Gasteiger partial charge in [0.1, 0.15) is 0 Å². The first kappa shape index (κ1) is 14.6. The van der Waals surface area contributed by atoms with E-state index in [1.165, 1.54) is 19.3 Å². The zero-order valence-electron chi connectivity index (χ0n) is 12.5. The summed E-state index contributed by atoms with van der Waals surface area (Å²) in [5.41, 5.74) is 0. The largest absolute Gasteiger partial charge is 0.325 e. The van der Waals surface area contributed by atoms with Crippen molar-refractivity contribution < 1.29 is 4.79 Å². The number of carbonyl (C=O) groups is 1. The fourth-order valence-corrected chi connectivity index (χ4v) is 3.19. The van der Waals surface area contributed by atoms with Gasteiger partial charge in [-0.2, -0.15) is 0 Å². The highest BCUT2D eigenvalue weighted by Gasteiger charge is 2.28. The average Bonchev–Trinajstić information content (AvgIpc) is 2.45. The molecular weight excluding hydrogens is 238 g/mol. The molecule has 0 spiro atoms. The van der Waals surface area contributed by atoms with Crippen molar-refractivity contribution in [1.82, 2.24) is 15.1 Å².